The molecule has 0 saturated carbocycles. The minimum Gasteiger partial charge on any atom is -0.392 e. The van der Waals surface area contributed by atoms with Crippen molar-refractivity contribution < 1.29 is 9.90 Å². The molecule has 0 fully saturated rings. The van der Waals surface area contributed by atoms with Gasteiger partial charge in [-0.05, 0) is 30.2 Å². The number of carbonyl (C=O) groups excluding carboxylic acids is 1. The van der Waals surface area contributed by atoms with Crippen molar-refractivity contribution in [1.82, 2.24) is 15.1 Å². The van der Waals surface area contributed by atoms with Gasteiger partial charge in [0.05, 0.1) is 12.3 Å². The smallest absolute Gasteiger partial charge is 0.271 e. The average molecular weight is 337 g/mol. The maximum Gasteiger partial charge on any atom is 0.271 e. The molecule has 3 aromatic rings. The molecule has 0 atom stereocenters. The lowest BCUT2D eigenvalue weighted by atomic mass is 10.1. The molecule has 0 bridgehead atoms. The second kappa shape index (κ2) is 7.19. The molecule has 25 heavy (non-hydrogen) atoms. The number of nitrogens with one attached hydrogen (secondary N) is 2. The topological polar surface area (TPSA) is 87.1 Å². The average Bonchev–Trinajstić information content (AvgIpc) is 3.02. The SMILES string of the molecule is Cc1ccc(-n2[nH]c(C(=O)NCc3ccccc3CO)cc2=O)cc1. The highest BCUT2D eigenvalue weighted by atomic mass is 16.3. The Hall–Kier alpha value is -3.12. The third-order valence-corrected chi connectivity index (χ3v) is 3.99. The number of carbonyl (C=O) groups is 1. The Morgan fingerprint density at radius 1 is 1.12 bits per heavy atom. The van der Waals surface area contributed by atoms with Gasteiger partial charge in [-0.25, -0.2) is 4.68 Å². The fourth-order valence-corrected chi connectivity index (χ4v) is 2.55. The summed E-state index contributed by atoms with van der Waals surface area (Å²) >= 11 is 0. The lowest BCUT2D eigenvalue weighted by Crippen LogP contribution is -2.24. The first kappa shape index (κ1) is 16.7. The summed E-state index contributed by atoms with van der Waals surface area (Å²) in [5.41, 5.74) is 3.23. The Labute approximate surface area is 144 Å². The van der Waals surface area contributed by atoms with Crippen LogP contribution in [0.1, 0.15) is 27.2 Å². The number of H-pyrrole nitrogens is 1. The Morgan fingerprint density at radius 3 is 2.48 bits per heavy atom. The van der Waals surface area contributed by atoms with Crippen molar-refractivity contribution in [3.63, 3.8) is 0 Å². The zero-order chi connectivity index (χ0) is 17.8. The zero-order valence-corrected chi connectivity index (χ0v) is 13.8. The van der Waals surface area contributed by atoms with Crippen LogP contribution in [0.3, 0.4) is 0 Å². The first-order chi connectivity index (χ1) is 12.1. The number of hydrogen-bond donors (Lipinski definition) is 3. The van der Waals surface area contributed by atoms with Gasteiger partial charge in [-0.15, -0.1) is 0 Å². The number of benzene rings is 2. The van der Waals surface area contributed by atoms with Crippen molar-refractivity contribution in [3.8, 4) is 5.69 Å². The van der Waals surface area contributed by atoms with Crippen LogP contribution < -0.4 is 10.9 Å². The van der Waals surface area contributed by atoms with Crippen LogP contribution in [0.5, 0.6) is 0 Å². The van der Waals surface area contributed by atoms with Crippen molar-refractivity contribution in [2.75, 3.05) is 0 Å². The van der Waals surface area contributed by atoms with E-state index in [9.17, 15) is 14.7 Å². The maximum absolute atomic E-state index is 12.3. The normalized spacial score (nSPS) is 10.6. The lowest BCUT2D eigenvalue weighted by molar-refractivity contribution is 0.0945. The molecule has 0 unspecified atom stereocenters. The third-order valence-electron chi connectivity index (χ3n) is 3.99. The molecule has 0 spiro atoms. The van der Waals surface area contributed by atoms with Crippen LogP contribution in [-0.4, -0.2) is 20.8 Å². The van der Waals surface area contributed by atoms with E-state index >= 15 is 0 Å². The number of aromatic nitrogens is 2. The molecule has 0 aliphatic heterocycles. The Morgan fingerprint density at radius 2 is 1.80 bits per heavy atom. The second-order valence-electron chi connectivity index (χ2n) is 5.79. The standard InChI is InChI=1S/C19H19N3O3/c1-13-6-8-16(9-7-13)22-18(24)10-17(21-22)19(25)20-11-14-4-2-3-5-15(14)12-23/h2-10,21,23H,11-12H2,1H3,(H,20,25). The van der Waals surface area contributed by atoms with Crippen molar-refractivity contribution in [1.29, 1.82) is 0 Å². The maximum atomic E-state index is 12.3. The summed E-state index contributed by atoms with van der Waals surface area (Å²) in [6, 6.07) is 16.0. The van der Waals surface area contributed by atoms with Crippen molar-refractivity contribution in [3.05, 3.63) is 87.3 Å². The van der Waals surface area contributed by atoms with Gasteiger partial charge >= 0.3 is 0 Å². The van der Waals surface area contributed by atoms with E-state index in [1.807, 2.05) is 49.4 Å². The van der Waals surface area contributed by atoms with E-state index in [0.717, 1.165) is 16.7 Å². The summed E-state index contributed by atoms with van der Waals surface area (Å²) in [6.45, 7) is 2.14. The monoisotopic (exact) mass is 337 g/mol. The molecule has 3 rings (SSSR count). The summed E-state index contributed by atoms with van der Waals surface area (Å²) in [7, 11) is 0. The van der Waals surface area contributed by atoms with Crippen LogP contribution in [0.2, 0.25) is 0 Å². The number of rotatable bonds is 5. The van der Waals surface area contributed by atoms with Crippen LogP contribution in [0, 0.1) is 6.92 Å². The van der Waals surface area contributed by atoms with Gasteiger partial charge in [-0.3, -0.25) is 14.7 Å². The number of amides is 1. The highest BCUT2D eigenvalue weighted by Gasteiger charge is 2.12. The number of aliphatic hydroxyl groups excluding tert-OH is 1. The van der Waals surface area contributed by atoms with Gasteiger partial charge in [-0.2, -0.15) is 0 Å². The number of hydrogen-bond acceptors (Lipinski definition) is 3. The molecule has 0 radical (unpaired) electrons. The van der Waals surface area contributed by atoms with Crippen LogP contribution in [0.15, 0.2) is 59.4 Å². The van der Waals surface area contributed by atoms with E-state index in [2.05, 4.69) is 10.4 Å². The molecule has 1 amide bonds. The summed E-state index contributed by atoms with van der Waals surface area (Å²) < 4.78 is 1.33. The van der Waals surface area contributed by atoms with E-state index in [1.165, 1.54) is 10.7 Å². The molecular formula is C19H19N3O3. The van der Waals surface area contributed by atoms with Gasteiger partial charge in [0.25, 0.3) is 11.5 Å². The molecule has 0 aliphatic carbocycles. The van der Waals surface area contributed by atoms with Crippen molar-refractivity contribution >= 4 is 5.91 Å². The molecule has 2 aromatic carbocycles. The van der Waals surface area contributed by atoms with Crippen LogP contribution >= 0.6 is 0 Å². The summed E-state index contributed by atoms with van der Waals surface area (Å²) in [5.74, 6) is -0.379. The van der Waals surface area contributed by atoms with E-state index in [1.54, 1.807) is 6.07 Å². The molecule has 0 saturated heterocycles. The predicted molar refractivity (Wildman–Crippen MR) is 94.7 cm³/mol. The van der Waals surface area contributed by atoms with E-state index in [-0.39, 0.29) is 30.3 Å². The van der Waals surface area contributed by atoms with Crippen molar-refractivity contribution in [2.45, 2.75) is 20.1 Å². The largest absolute Gasteiger partial charge is 0.392 e. The highest BCUT2D eigenvalue weighted by molar-refractivity contribution is 5.92. The van der Waals surface area contributed by atoms with Crippen LogP contribution in [0.4, 0.5) is 0 Å². The summed E-state index contributed by atoms with van der Waals surface area (Å²) in [4.78, 5) is 24.4. The van der Waals surface area contributed by atoms with E-state index in [0.29, 0.717) is 5.69 Å². The quantitative estimate of drug-likeness (QED) is 0.664. The first-order valence-corrected chi connectivity index (χ1v) is 7.93. The number of nitrogens with zero attached hydrogens (tertiary/aromatic N) is 1. The molecule has 1 heterocycles. The summed E-state index contributed by atoms with van der Waals surface area (Å²) in [6.07, 6.45) is 0. The second-order valence-corrected chi connectivity index (χ2v) is 5.79. The van der Waals surface area contributed by atoms with Crippen LogP contribution in [0.25, 0.3) is 5.69 Å². The van der Waals surface area contributed by atoms with Gasteiger partial charge in [0.2, 0.25) is 0 Å². The minimum atomic E-state index is -0.379. The third kappa shape index (κ3) is 3.70. The van der Waals surface area contributed by atoms with Gasteiger partial charge in [-0.1, -0.05) is 42.0 Å². The van der Waals surface area contributed by atoms with E-state index < -0.39 is 0 Å². The Kier molecular flexibility index (Phi) is 4.81. The molecule has 3 N–H and O–H groups in total. The summed E-state index contributed by atoms with van der Waals surface area (Å²) in [5, 5.41) is 14.9. The molecule has 6 nitrogen and oxygen atoms in total. The fraction of sp³-hybridized carbons (Fsp3) is 0.158. The van der Waals surface area contributed by atoms with E-state index in [4.69, 9.17) is 0 Å². The number of aromatic amines is 1. The molecule has 128 valence electrons. The van der Waals surface area contributed by atoms with Gasteiger partial charge in [0.1, 0.15) is 5.69 Å². The first-order valence-electron chi connectivity index (χ1n) is 7.93. The molecule has 0 aliphatic rings. The zero-order valence-electron chi connectivity index (χ0n) is 13.8. The molecular weight excluding hydrogens is 318 g/mol. The predicted octanol–water partition coefficient (Wildman–Crippen LogP) is 1.90. The molecule has 6 heteroatoms. The number of aryl methyl sites for hydroxylation is 1. The Bertz CT molecular complexity index is 939. The van der Waals surface area contributed by atoms with Gasteiger partial charge in [0.15, 0.2) is 0 Å². The molecule has 1 aromatic heterocycles. The highest BCUT2D eigenvalue weighted by Crippen LogP contribution is 2.09. The number of aliphatic hydroxyl groups is 1. The fourth-order valence-electron chi connectivity index (χ4n) is 2.55. The van der Waals surface area contributed by atoms with Crippen molar-refractivity contribution in [2.24, 2.45) is 0 Å². The Balaban J connectivity index is 1.76. The minimum absolute atomic E-state index is 0.0906. The van der Waals surface area contributed by atoms with Gasteiger partial charge < -0.3 is 10.4 Å². The lowest BCUT2D eigenvalue weighted by Gasteiger charge is -2.08. The van der Waals surface area contributed by atoms with Gasteiger partial charge in [0, 0.05) is 12.6 Å². The van der Waals surface area contributed by atoms with Crippen LogP contribution in [-0.2, 0) is 13.2 Å².